The lowest BCUT2D eigenvalue weighted by molar-refractivity contribution is -0.202. The molecule has 0 N–H and O–H groups in total. The Kier molecular flexibility index (Phi) is 6.39. The Morgan fingerprint density at radius 3 is 2.28 bits per heavy atom. The Balaban J connectivity index is 1.39. The molecule has 4 aromatic rings. The van der Waals surface area contributed by atoms with E-state index in [1.165, 1.54) is 17.4 Å². The maximum atomic E-state index is 14.7. The molecule has 3 aromatic carbocycles. The Labute approximate surface area is 205 Å². The zero-order chi connectivity index (χ0) is 25.6. The molecule has 11 heteroatoms. The number of alkyl halides is 2. The van der Waals surface area contributed by atoms with Gasteiger partial charge in [0.1, 0.15) is 16.6 Å². The third-order valence-corrected chi connectivity index (χ3v) is 6.55. The van der Waals surface area contributed by atoms with Crippen LogP contribution >= 0.6 is 11.3 Å². The number of hydrogen-bond acceptors (Lipinski definition) is 5. The Hall–Kier alpha value is -3.15. The molecular formula is C25H17F6NO3S. The maximum absolute atomic E-state index is 14.7. The van der Waals surface area contributed by atoms with E-state index in [9.17, 15) is 26.3 Å². The van der Waals surface area contributed by atoms with Crippen molar-refractivity contribution in [2.45, 2.75) is 19.3 Å². The van der Waals surface area contributed by atoms with Gasteiger partial charge in [-0.1, -0.05) is 19.1 Å². The van der Waals surface area contributed by atoms with E-state index in [1.807, 2.05) is 19.1 Å². The van der Waals surface area contributed by atoms with Gasteiger partial charge in [-0.25, -0.2) is 22.5 Å². The summed E-state index contributed by atoms with van der Waals surface area (Å²) in [4.78, 5) is 4.44. The van der Waals surface area contributed by atoms with E-state index in [4.69, 9.17) is 9.47 Å². The van der Waals surface area contributed by atoms with Gasteiger partial charge in [-0.05, 0) is 24.3 Å². The summed E-state index contributed by atoms with van der Waals surface area (Å²) in [6.07, 6.45) is -4.79. The van der Waals surface area contributed by atoms with Gasteiger partial charge in [0.05, 0.1) is 29.0 Å². The molecule has 0 amide bonds. The van der Waals surface area contributed by atoms with E-state index in [0.29, 0.717) is 29.7 Å². The highest BCUT2D eigenvalue weighted by Gasteiger charge is 2.38. The Morgan fingerprint density at radius 2 is 1.61 bits per heavy atom. The maximum Gasteiger partial charge on any atom is 0.429 e. The summed E-state index contributed by atoms with van der Waals surface area (Å²) in [5.74, 6) is -7.29. The lowest BCUT2D eigenvalue weighted by Gasteiger charge is -2.27. The van der Waals surface area contributed by atoms with Gasteiger partial charge in [-0.15, -0.1) is 11.3 Å². The molecule has 1 aromatic heterocycles. The van der Waals surface area contributed by atoms with Crippen LogP contribution in [-0.4, -0.2) is 18.2 Å². The fourth-order valence-electron chi connectivity index (χ4n) is 3.68. The van der Waals surface area contributed by atoms with Crippen LogP contribution in [0.15, 0.2) is 48.5 Å². The first-order valence-corrected chi connectivity index (χ1v) is 11.6. The fourth-order valence-corrected chi connectivity index (χ4v) is 4.69. The topological polar surface area (TPSA) is 40.6 Å². The van der Waals surface area contributed by atoms with Gasteiger partial charge in [-0.2, -0.15) is 8.78 Å². The van der Waals surface area contributed by atoms with E-state index < -0.39 is 47.0 Å². The molecule has 0 spiro atoms. The van der Waals surface area contributed by atoms with Crippen LogP contribution in [0.5, 0.6) is 5.75 Å². The molecule has 1 fully saturated rings. The first-order chi connectivity index (χ1) is 17.1. The highest BCUT2D eigenvalue weighted by molar-refractivity contribution is 7.21. The van der Waals surface area contributed by atoms with Crippen LogP contribution in [0.1, 0.15) is 24.3 Å². The summed E-state index contributed by atoms with van der Waals surface area (Å²) in [5.41, 5.74) is 0.506. The van der Waals surface area contributed by atoms with Crippen molar-refractivity contribution in [1.82, 2.24) is 4.98 Å². The van der Waals surface area contributed by atoms with Crippen LogP contribution in [0, 0.1) is 29.2 Å². The van der Waals surface area contributed by atoms with Gasteiger partial charge >= 0.3 is 6.11 Å². The smallest absolute Gasteiger partial charge is 0.429 e. The van der Waals surface area contributed by atoms with Gasteiger partial charge in [0, 0.05) is 29.2 Å². The summed E-state index contributed by atoms with van der Waals surface area (Å²) in [6.45, 7) is 3.16. The van der Waals surface area contributed by atoms with E-state index in [1.54, 1.807) is 6.07 Å². The minimum absolute atomic E-state index is 0.243. The van der Waals surface area contributed by atoms with Crippen LogP contribution in [-0.2, 0) is 15.6 Å². The largest absolute Gasteiger partial charge is 0.429 e. The number of nitrogens with zero attached hydrogens (tertiary/aromatic N) is 1. The molecule has 0 radical (unpaired) electrons. The number of halogens is 6. The second-order valence-electron chi connectivity index (χ2n) is 8.36. The van der Waals surface area contributed by atoms with Gasteiger partial charge in [0.15, 0.2) is 23.7 Å². The standard InChI is InChI=1S/C25H17F6NO3S/c1-12-10-33-24(34-11-12)14-3-5-20-21(7-14)36-23(32-20)13-2-4-16(17(26)6-13)25(30,31)35-15-8-18(27)22(29)19(28)9-15/h2-9,12,24H,10-11H2,1H3. The molecule has 1 aliphatic heterocycles. The number of rotatable bonds is 5. The predicted octanol–water partition coefficient (Wildman–Crippen LogP) is 7.33. The van der Waals surface area contributed by atoms with Gasteiger partial charge in [-0.3, -0.25) is 0 Å². The van der Waals surface area contributed by atoms with Gasteiger partial charge in [0.2, 0.25) is 0 Å². The van der Waals surface area contributed by atoms with Crippen molar-refractivity contribution in [1.29, 1.82) is 0 Å². The van der Waals surface area contributed by atoms with Crippen molar-refractivity contribution in [3.63, 3.8) is 0 Å². The van der Waals surface area contributed by atoms with E-state index in [2.05, 4.69) is 9.72 Å². The summed E-state index contributed by atoms with van der Waals surface area (Å²) in [7, 11) is 0. The molecule has 0 aliphatic carbocycles. The van der Waals surface area contributed by atoms with E-state index in [-0.39, 0.29) is 17.7 Å². The van der Waals surface area contributed by atoms with E-state index in [0.717, 1.165) is 22.4 Å². The molecule has 0 saturated carbocycles. The average Bonchev–Trinajstić information content (AvgIpc) is 3.26. The molecule has 2 heterocycles. The van der Waals surface area contributed by atoms with Crippen molar-refractivity contribution in [2.75, 3.05) is 13.2 Å². The molecule has 4 nitrogen and oxygen atoms in total. The molecule has 5 rings (SSSR count). The second kappa shape index (κ2) is 9.38. The van der Waals surface area contributed by atoms with Crippen LogP contribution in [0.2, 0.25) is 0 Å². The summed E-state index contributed by atoms with van der Waals surface area (Å²) in [6, 6.07) is 8.82. The lowest BCUT2D eigenvalue weighted by Crippen LogP contribution is -2.24. The summed E-state index contributed by atoms with van der Waals surface area (Å²) >= 11 is 1.23. The molecule has 188 valence electrons. The minimum atomic E-state index is -4.29. The second-order valence-corrected chi connectivity index (χ2v) is 9.39. The van der Waals surface area contributed by atoms with Gasteiger partial charge < -0.3 is 14.2 Å². The SMILES string of the molecule is CC1COC(c2ccc3nc(-c4ccc(C(F)(F)Oc5cc(F)c(F)c(F)c5)c(F)c4)sc3c2)OC1. The van der Waals surface area contributed by atoms with Crippen molar-refractivity contribution in [3.8, 4) is 16.3 Å². The quantitative estimate of drug-likeness (QED) is 0.202. The zero-order valence-electron chi connectivity index (χ0n) is 18.5. The van der Waals surface area contributed by atoms with Crippen molar-refractivity contribution >= 4 is 21.6 Å². The summed E-state index contributed by atoms with van der Waals surface area (Å²) in [5, 5.41) is 0.388. The van der Waals surface area contributed by atoms with Crippen molar-refractivity contribution < 1.29 is 40.6 Å². The Bertz CT molecular complexity index is 1410. The minimum Gasteiger partial charge on any atom is -0.429 e. The number of ether oxygens (including phenoxy) is 3. The molecule has 0 bridgehead atoms. The number of benzene rings is 3. The first kappa shape index (κ1) is 24.5. The monoisotopic (exact) mass is 525 g/mol. The number of thiazole rings is 1. The van der Waals surface area contributed by atoms with Crippen molar-refractivity contribution in [3.05, 3.63) is 82.9 Å². The number of aromatic nitrogens is 1. The zero-order valence-corrected chi connectivity index (χ0v) is 19.4. The summed E-state index contributed by atoms with van der Waals surface area (Å²) < 4.78 is 100. The Morgan fingerprint density at radius 1 is 0.917 bits per heavy atom. The van der Waals surface area contributed by atoms with E-state index >= 15 is 0 Å². The third kappa shape index (κ3) is 4.78. The molecular weight excluding hydrogens is 508 g/mol. The third-order valence-electron chi connectivity index (χ3n) is 5.48. The van der Waals surface area contributed by atoms with Crippen molar-refractivity contribution in [2.24, 2.45) is 5.92 Å². The fraction of sp³-hybridized carbons (Fsp3) is 0.240. The van der Waals surface area contributed by atoms with Crippen LogP contribution in [0.4, 0.5) is 26.3 Å². The molecule has 0 unspecified atom stereocenters. The van der Waals surface area contributed by atoms with Crippen LogP contribution in [0.25, 0.3) is 20.8 Å². The molecule has 1 saturated heterocycles. The highest BCUT2D eigenvalue weighted by Crippen LogP contribution is 2.38. The predicted molar refractivity (Wildman–Crippen MR) is 120 cm³/mol. The first-order valence-electron chi connectivity index (χ1n) is 10.8. The molecule has 1 aliphatic rings. The van der Waals surface area contributed by atoms with Gasteiger partial charge in [0.25, 0.3) is 0 Å². The number of fused-ring (bicyclic) bond motifs is 1. The lowest BCUT2D eigenvalue weighted by atomic mass is 10.1. The highest BCUT2D eigenvalue weighted by atomic mass is 32.1. The van der Waals surface area contributed by atoms with Crippen LogP contribution in [0.3, 0.4) is 0 Å². The normalized spacial score (nSPS) is 18.5. The molecule has 0 atom stereocenters. The average molecular weight is 525 g/mol. The van der Waals surface area contributed by atoms with Crippen LogP contribution < -0.4 is 4.74 Å². The number of hydrogen-bond donors (Lipinski definition) is 0. The molecule has 36 heavy (non-hydrogen) atoms.